The fourth-order valence-corrected chi connectivity index (χ4v) is 3.37. The molecule has 4 aliphatic rings. The molecule has 2 aromatic rings. The third-order valence-electron chi connectivity index (χ3n) is 5.10. The maximum atomic E-state index is 8.82. The van der Waals surface area contributed by atoms with Crippen molar-refractivity contribution in [2.45, 2.75) is 38.6 Å². The van der Waals surface area contributed by atoms with Crippen molar-refractivity contribution in [3.8, 4) is 0 Å². The molecule has 24 heavy (non-hydrogen) atoms. The first-order valence-electron chi connectivity index (χ1n) is 8.53. The van der Waals surface area contributed by atoms with Crippen LogP contribution in [0.5, 0.6) is 0 Å². The van der Waals surface area contributed by atoms with Crippen molar-refractivity contribution < 1.29 is 0 Å². The van der Waals surface area contributed by atoms with E-state index in [1.165, 1.54) is 22.3 Å². The zero-order chi connectivity index (χ0) is 17.1. The number of aryl methyl sites for hydroxylation is 4. The summed E-state index contributed by atoms with van der Waals surface area (Å²) in [4.78, 5) is 5.26. The molecular formula is C20H24N4. The Kier molecular flexibility index (Phi) is 4.89. The first-order chi connectivity index (χ1) is 11.6. The first kappa shape index (κ1) is 16.6. The molecule has 0 amide bonds. The second kappa shape index (κ2) is 7.08. The minimum Gasteiger partial charge on any atom is -0.303 e. The van der Waals surface area contributed by atoms with Crippen LogP contribution in [0.25, 0.3) is 10.4 Å². The third kappa shape index (κ3) is 3.45. The molecule has 0 aliphatic heterocycles. The van der Waals surface area contributed by atoms with Crippen molar-refractivity contribution in [2.75, 3.05) is 14.1 Å². The van der Waals surface area contributed by atoms with Gasteiger partial charge in [0, 0.05) is 16.6 Å². The Morgan fingerprint density at radius 1 is 0.958 bits per heavy atom. The standard InChI is InChI=1S/C20H24N4/c1-14(24(2)3)19-12-15-4-8-17(19)9-5-16-7-11-18(10-6-15)20(13-16)22-23-21/h4,7-8,11-14H,5-6,9-10H2,1-3H3/t14-/m0/s1. The Hall–Kier alpha value is -2.29. The van der Waals surface area contributed by atoms with E-state index in [1.54, 1.807) is 0 Å². The summed E-state index contributed by atoms with van der Waals surface area (Å²) in [6, 6.07) is 13.7. The van der Waals surface area contributed by atoms with E-state index in [0.717, 1.165) is 36.9 Å². The number of hydrogen-bond donors (Lipinski definition) is 0. The second-order valence-corrected chi connectivity index (χ2v) is 6.83. The molecular weight excluding hydrogens is 296 g/mol. The minimum atomic E-state index is 0.405. The Labute approximate surface area is 143 Å². The molecule has 2 aromatic carbocycles. The molecule has 0 heterocycles. The van der Waals surface area contributed by atoms with Crippen molar-refractivity contribution in [1.82, 2.24) is 4.90 Å². The molecule has 6 rings (SSSR count). The summed E-state index contributed by atoms with van der Waals surface area (Å²) < 4.78 is 0. The number of nitrogens with zero attached hydrogens (tertiary/aromatic N) is 4. The van der Waals surface area contributed by atoms with Crippen LogP contribution in [-0.4, -0.2) is 19.0 Å². The molecule has 0 fully saturated rings. The van der Waals surface area contributed by atoms with Gasteiger partial charge in [-0.25, -0.2) is 0 Å². The summed E-state index contributed by atoms with van der Waals surface area (Å²) >= 11 is 0. The molecule has 4 bridgehead atoms. The lowest BCUT2D eigenvalue weighted by Gasteiger charge is -2.24. The predicted octanol–water partition coefficient (Wildman–Crippen LogP) is 5.13. The van der Waals surface area contributed by atoms with Crippen molar-refractivity contribution in [3.63, 3.8) is 0 Å². The average molecular weight is 320 g/mol. The molecule has 0 saturated heterocycles. The molecule has 0 saturated carbocycles. The predicted molar refractivity (Wildman–Crippen MR) is 98.6 cm³/mol. The highest BCUT2D eigenvalue weighted by atomic mass is 15.1. The molecule has 0 spiro atoms. The SMILES string of the molecule is C[C@@H](c1cc2ccc1CCc1ccc(c(N=[N+]=[N-])c1)CC2)N(C)C. The van der Waals surface area contributed by atoms with Crippen LogP contribution in [0.3, 0.4) is 0 Å². The summed E-state index contributed by atoms with van der Waals surface area (Å²) in [6.07, 6.45) is 3.81. The minimum absolute atomic E-state index is 0.405. The van der Waals surface area contributed by atoms with Crippen molar-refractivity contribution >= 4 is 5.69 Å². The van der Waals surface area contributed by atoms with E-state index in [2.05, 4.69) is 72.3 Å². The molecule has 124 valence electrons. The number of hydrogen-bond acceptors (Lipinski definition) is 2. The Bertz CT molecular complexity index is 788. The monoisotopic (exact) mass is 320 g/mol. The van der Waals surface area contributed by atoms with E-state index in [9.17, 15) is 0 Å². The maximum absolute atomic E-state index is 8.82. The fourth-order valence-electron chi connectivity index (χ4n) is 3.37. The summed E-state index contributed by atoms with van der Waals surface area (Å²) in [7, 11) is 4.27. The van der Waals surface area contributed by atoms with Crippen molar-refractivity contribution in [3.05, 3.63) is 74.7 Å². The first-order valence-corrected chi connectivity index (χ1v) is 8.53. The van der Waals surface area contributed by atoms with Crippen LogP contribution in [0.4, 0.5) is 5.69 Å². The Morgan fingerprint density at radius 3 is 2.25 bits per heavy atom. The summed E-state index contributed by atoms with van der Waals surface area (Å²) in [5.41, 5.74) is 16.2. The van der Waals surface area contributed by atoms with E-state index in [0.29, 0.717) is 6.04 Å². The topological polar surface area (TPSA) is 52.0 Å². The number of benzene rings is 2. The normalized spacial score (nSPS) is 14.8. The zero-order valence-corrected chi connectivity index (χ0v) is 14.7. The van der Waals surface area contributed by atoms with Crippen LogP contribution in [-0.2, 0) is 25.7 Å². The van der Waals surface area contributed by atoms with E-state index < -0.39 is 0 Å². The number of rotatable bonds is 3. The Morgan fingerprint density at radius 2 is 1.58 bits per heavy atom. The largest absolute Gasteiger partial charge is 0.303 e. The second-order valence-electron chi connectivity index (χ2n) is 6.83. The van der Waals surface area contributed by atoms with Crippen LogP contribution < -0.4 is 0 Å². The molecule has 0 unspecified atom stereocenters. The lowest BCUT2D eigenvalue weighted by Crippen LogP contribution is -2.19. The van der Waals surface area contributed by atoms with Gasteiger partial charge in [0.25, 0.3) is 0 Å². The zero-order valence-electron chi connectivity index (χ0n) is 14.7. The quantitative estimate of drug-likeness (QED) is 0.439. The molecule has 4 nitrogen and oxygen atoms in total. The van der Waals surface area contributed by atoms with Gasteiger partial charge >= 0.3 is 0 Å². The van der Waals surface area contributed by atoms with E-state index in [4.69, 9.17) is 5.53 Å². The molecule has 1 atom stereocenters. The van der Waals surface area contributed by atoms with E-state index in [1.807, 2.05) is 0 Å². The molecule has 0 aromatic heterocycles. The lowest BCUT2D eigenvalue weighted by atomic mass is 9.90. The highest BCUT2D eigenvalue weighted by molar-refractivity contribution is 5.49. The van der Waals surface area contributed by atoms with Crippen LogP contribution >= 0.6 is 0 Å². The van der Waals surface area contributed by atoms with Gasteiger partial charge in [0.2, 0.25) is 0 Å². The van der Waals surface area contributed by atoms with Crippen molar-refractivity contribution in [1.29, 1.82) is 0 Å². The molecule has 4 aliphatic carbocycles. The summed E-state index contributed by atoms with van der Waals surface area (Å²) in [5.74, 6) is 0. The van der Waals surface area contributed by atoms with Crippen molar-refractivity contribution in [2.24, 2.45) is 5.11 Å². The molecule has 4 heteroatoms. The van der Waals surface area contributed by atoms with Crippen LogP contribution in [0.1, 0.15) is 40.8 Å². The highest BCUT2D eigenvalue weighted by Crippen LogP contribution is 2.29. The van der Waals surface area contributed by atoms with E-state index >= 15 is 0 Å². The lowest BCUT2D eigenvalue weighted by molar-refractivity contribution is 0.319. The third-order valence-corrected chi connectivity index (χ3v) is 5.10. The van der Waals surface area contributed by atoms with Gasteiger partial charge in [-0.05, 0) is 86.1 Å². The summed E-state index contributed by atoms with van der Waals surface area (Å²) in [5, 5.41) is 3.90. The van der Waals surface area contributed by atoms with Gasteiger partial charge in [0.05, 0.1) is 0 Å². The van der Waals surface area contributed by atoms with Gasteiger partial charge in [-0.3, -0.25) is 0 Å². The van der Waals surface area contributed by atoms with Gasteiger partial charge in [0.1, 0.15) is 0 Å². The van der Waals surface area contributed by atoms with Gasteiger partial charge in [-0.2, -0.15) is 0 Å². The van der Waals surface area contributed by atoms with Gasteiger partial charge in [-0.15, -0.1) is 0 Å². The smallest absolute Gasteiger partial charge is 0.0410 e. The molecule has 0 radical (unpaired) electrons. The summed E-state index contributed by atoms with van der Waals surface area (Å²) in [6.45, 7) is 2.27. The van der Waals surface area contributed by atoms with Gasteiger partial charge < -0.3 is 4.90 Å². The van der Waals surface area contributed by atoms with Crippen LogP contribution in [0.15, 0.2) is 41.5 Å². The van der Waals surface area contributed by atoms with Crippen LogP contribution in [0.2, 0.25) is 0 Å². The van der Waals surface area contributed by atoms with E-state index in [-0.39, 0.29) is 0 Å². The molecule has 0 N–H and O–H groups in total. The highest BCUT2D eigenvalue weighted by Gasteiger charge is 2.15. The van der Waals surface area contributed by atoms with Gasteiger partial charge in [0.15, 0.2) is 0 Å². The maximum Gasteiger partial charge on any atom is 0.0410 e. The van der Waals surface area contributed by atoms with Crippen LogP contribution in [0, 0.1) is 0 Å². The fraction of sp³-hybridized carbons (Fsp3) is 0.400. The Balaban J connectivity index is 2.02. The van der Waals surface area contributed by atoms with Gasteiger partial charge in [-0.1, -0.05) is 35.4 Å². The average Bonchev–Trinajstić information content (AvgIpc) is 2.57. The number of azide groups is 1.